The Hall–Kier alpha value is -7.07. The Morgan fingerprint density at radius 1 is 0.339 bits per heavy atom. The largest absolute Gasteiger partial charge is 0.309 e. The second kappa shape index (κ2) is 12.2. The smallest absolute Gasteiger partial charge is 0.0715 e. The molecule has 0 aliphatic rings. The SMILES string of the molecule is c1ccc(-c2cc(-c3cccc4c3sc3c4ccc4c3c3ccccc3n4-c3ccc4c5ccccc5c5ccccc5c4c3)cc(-c3ccccc3)n2)cc1. The molecule has 3 aromatic heterocycles. The predicted octanol–water partition coefficient (Wildman–Crippen LogP) is 15.0. The number of pyridine rings is 1. The van der Waals surface area contributed by atoms with Gasteiger partial charge in [-0.3, -0.25) is 0 Å². The van der Waals surface area contributed by atoms with Gasteiger partial charge < -0.3 is 4.57 Å². The topological polar surface area (TPSA) is 17.8 Å². The first-order chi connectivity index (χ1) is 27.8. The summed E-state index contributed by atoms with van der Waals surface area (Å²) in [6, 6.07) is 70.6. The Morgan fingerprint density at radius 2 is 0.857 bits per heavy atom. The van der Waals surface area contributed by atoms with Crippen molar-refractivity contribution in [3.63, 3.8) is 0 Å². The summed E-state index contributed by atoms with van der Waals surface area (Å²) in [7, 11) is 0. The molecule has 260 valence electrons. The van der Waals surface area contributed by atoms with Gasteiger partial charge in [0.1, 0.15) is 0 Å². The molecule has 0 saturated heterocycles. The molecule has 3 heterocycles. The number of rotatable bonds is 4. The van der Waals surface area contributed by atoms with E-state index in [1.54, 1.807) is 0 Å². The van der Waals surface area contributed by atoms with Crippen molar-refractivity contribution in [1.82, 2.24) is 9.55 Å². The molecule has 0 saturated carbocycles. The predicted molar refractivity (Wildman–Crippen MR) is 240 cm³/mol. The maximum absolute atomic E-state index is 5.18. The van der Waals surface area contributed by atoms with Crippen LogP contribution < -0.4 is 0 Å². The maximum Gasteiger partial charge on any atom is 0.0715 e. The molecular weight excluding hydrogens is 697 g/mol. The molecule has 0 N–H and O–H groups in total. The lowest BCUT2D eigenvalue weighted by Crippen LogP contribution is -1.94. The van der Waals surface area contributed by atoms with Gasteiger partial charge in [-0.25, -0.2) is 4.98 Å². The number of nitrogens with zero attached hydrogens (tertiary/aromatic N) is 2. The fraction of sp³-hybridized carbons (Fsp3) is 0. The zero-order valence-corrected chi connectivity index (χ0v) is 31.1. The highest BCUT2D eigenvalue weighted by Crippen LogP contribution is 2.47. The lowest BCUT2D eigenvalue weighted by atomic mass is 9.94. The molecule has 2 nitrogen and oxygen atoms in total. The van der Waals surface area contributed by atoms with Crippen molar-refractivity contribution in [3.05, 3.63) is 194 Å². The quantitative estimate of drug-likeness (QED) is 0.165. The van der Waals surface area contributed by atoms with Gasteiger partial charge >= 0.3 is 0 Å². The minimum absolute atomic E-state index is 0.974. The number of benzene rings is 9. The van der Waals surface area contributed by atoms with Crippen molar-refractivity contribution in [2.45, 2.75) is 0 Å². The van der Waals surface area contributed by atoms with Gasteiger partial charge in [-0.15, -0.1) is 11.3 Å². The van der Waals surface area contributed by atoms with E-state index in [1.807, 2.05) is 11.3 Å². The molecule has 56 heavy (non-hydrogen) atoms. The molecule has 0 spiro atoms. The van der Waals surface area contributed by atoms with Crippen LogP contribution in [0.2, 0.25) is 0 Å². The molecule has 9 aromatic carbocycles. The van der Waals surface area contributed by atoms with Gasteiger partial charge in [0.25, 0.3) is 0 Å². The summed E-state index contributed by atoms with van der Waals surface area (Å²) >= 11 is 1.91. The van der Waals surface area contributed by atoms with E-state index in [9.17, 15) is 0 Å². The summed E-state index contributed by atoms with van der Waals surface area (Å²) < 4.78 is 5.08. The van der Waals surface area contributed by atoms with Crippen LogP contribution in [-0.4, -0.2) is 9.55 Å². The van der Waals surface area contributed by atoms with Gasteiger partial charge in [0.05, 0.1) is 22.4 Å². The van der Waals surface area contributed by atoms with Gasteiger partial charge in [0.15, 0.2) is 0 Å². The van der Waals surface area contributed by atoms with Crippen LogP contribution in [0.5, 0.6) is 0 Å². The van der Waals surface area contributed by atoms with Gasteiger partial charge in [-0.05, 0) is 79.8 Å². The third-order valence-electron chi connectivity index (χ3n) is 11.6. The highest BCUT2D eigenvalue weighted by Gasteiger charge is 2.20. The number of para-hydroxylation sites is 1. The molecule has 0 aliphatic carbocycles. The monoisotopic (exact) mass is 728 g/mol. The lowest BCUT2D eigenvalue weighted by molar-refractivity contribution is 1.19. The summed E-state index contributed by atoms with van der Waals surface area (Å²) in [6.07, 6.45) is 0. The van der Waals surface area contributed by atoms with Crippen LogP contribution in [0.4, 0.5) is 0 Å². The van der Waals surface area contributed by atoms with Crippen molar-refractivity contribution in [1.29, 1.82) is 0 Å². The number of thiophene rings is 1. The Kier molecular flexibility index (Phi) is 6.83. The van der Waals surface area contributed by atoms with Crippen LogP contribution in [0.1, 0.15) is 0 Å². The fourth-order valence-electron chi connectivity index (χ4n) is 9.05. The first-order valence-corrected chi connectivity index (χ1v) is 19.9. The zero-order valence-electron chi connectivity index (χ0n) is 30.3. The maximum atomic E-state index is 5.18. The number of hydrogen-bond acceptors (Lipinski definition) is 2. The summed E-state index contributed by atoms with van der Waals surface area (Å²) in [6.45, 7) is 0. The number of hydrogen-bond donors (Lipinski definition) is 0. The van der Waals surface area contributed by atoms with Crippen LogP contribution in [0, 0.1) is 0 Å². The Morgan fingerprint density at radius 3 is 1.52 bits per heavy atom. The molecule has 12 aromatic rings. The van der Waals surface area contributed by atoms with E-state index in [2.05, 4.69) is 199 Å². The van der Waals surface area contributed by atoms with Crippen LogP contribution in [0.25, 0.3) is 114 Å². The average molecular weight is 729 g/mol. The van der Waals surface area contributed by atoms with E-state index < -0.39 is 0 Å². The molecule has 3 heteroatoms. The Bertz CT molecular complexity index is 3430. The zero-order chi connectivity index (χ0) is 36.7. The minimum atomic E-state index is 0.974. The number of fused-ring (bicyclic) bond motifs is 13. The van der Waals surface area contributed by atoms with Gasteiger partial charge in [-0.2, -0.15) is 0 Å². The molecule has 0 radical (unpaired) electrons. The lowest BCUT2D eigenvalue weighted by Gasteiger charge is -2.13. The van der Waals surface area contributed by atoms with E-state index in [0.29, 0.717) is 0 Å². The highest BCUT2D eigenvalue weighted by molar-refractivity contribution is 7.27. The third kappa shape index (κ3) is 4.65. The van der Waals surface area contributed by atoms with Crippen molar-refractivity contribution in [3.8, 4) is 39.3 Å². The number of aromatic nitrogens is 2. The van der Waals surface area contributed by atoms with Crippen molar-refractivity contribution < 1.29 is 0 Å². The van der Waals surface area contributed by atoms with E-state index in [4.69, 9.17) is 4.98 Å². The van der Waals surface area contributed by atoms with Crippen LogP contribution >= 0.6 is 11.3 Å². The Balaban J connectivity index is 1.11. The summed E-state index contributed by atoms with van der Waals surface area (Å²) in [4.78, 5) is 5.18. The average Bonchev–Trinajstić information content (AvgIpc) is 3.83. The minimum Gasteiger partial charge on any atom is -0.309 e. The molecule has 0 aliphatic heterocycles. The van der Waals surface area contributed by atoms with Crippen LogP contribution in [0.15, 0.2) is 194 Å². The van der Waals surface area contributed by atoms with E-state index in [-0.39, 0.29) is 0 Å². The van der Waals surface area contributed by atoms with Crippen molar-refractivity contribution >= 4 is 85.6 Å². The third-order valence-corrected chi connectivity index (χ3v) is 12.8. The standard InChI is InChI=1S/C53H32N2S/c1-3-14-33(15-4-1)47-30-35(31-48(54-47)34-16-5-2-6-17-34)37-23-13-24-43-44-28-29-50-51(53(44)56-52(37)43)45-22-11-12-25-49(45)55(50)36-26-27-42-40-20-8-7-18-38(40)39-19-9-10-21-41(39)46(42)32-36/h1-32H. The molecule has 0 fully saturated rings. The van der Waals surface area contributed by atoms with Gasteiger partial charge in [0, 0.05) is 47.8 Å². The summed E-state index contributed by atoms with van der Waals surface area (Å²) in [5.74, 6) is 0. The second-order valence-corrected chi connectivity index (χ2v) is 15.7. The van der Waals surface area contributed by atoms with Crippen molar-refractivity contribution in [2.24, 2.45) is 0 Å². The molecule has 0 amide bonds. The van der Waals surface area contributed by atoms with Crippen LogP contribution in [-0.2, 0) is 0 Å². The first-order valence-electron chi connectivity index (χ1n) is 19.1. The van der Waals surface area contributed by atoms with Gasteiger partial charge in [-0.1, -0.05) is 158 Å². The molecule has 0 atom stereocenters. The van der Waals surface area contributed by atoms with E-state index in [1.165, 1.54) is 91.1 Å². The highest BCUT2D eigenvalue weighted by atomic mass is 32.1. The molecule has 12 rings (SSSR count). The van der Waals surface area contributed by atoms with E-state index >= 15 is 0 Å². The van der Waals surface area contributed by atoms with Crippen LogP contribution in [0.3, 0.4) is 0 Å². The molecular formula is C53H32N2S. The summed E-state index contributed by atoms with van der Waals surface area (Å²) in [5, 5.41) is 12.9. The van der Waals surface area contributed by atoms with Crippen molar-refractivity contribution in [2.75, 3.05) is 0 Å². The Labute approximate surface area is 327 Å². The van der Waals surface area contributed by atoms with E-state index in [0.717, 1.165) is 22.5 Å². The first kappa shape index (κ1) is 31.3. The fourth-order valence-corrected chi connectivity index (χ4v) is 10.4. The second-order valence-electron chi connectivity index (χ2n) is 14.7. The molecule has 0 bridgehead atoms. The normalized spacial score (nSPS) is 11.9. The molecule has 0 unspecified atom stereocenters. The van der Waals surface area contributed by atoms with Gasteiger partial charge in [0.2, 0.25) is 0 Å². The summed E-state index contributed by atoms with van der Waals surface area (Å²) in [5.41, 5.74) is 10.2.